The number of aromatic nitrogens is 2. The molecule has 0 spiro atoms. The molecule has 1 aliphatic heterocycles. The normalized spacial score (nSPS) is 15.7. The van der Waals surface area contributed by atoms with Crippen LogP contribution in [-0.2, 0) is 4.79 Å². The van der Waals surface area contributed by atoms with Gasteiger partial charge in [0.15, 0.2) is 0 Å². The molecule has 0 radical (unpaired) electrons. The summed E-state index contributed by atoms with van der Waals surface area (Å²) in [7, 11) is 1.62. The molecule has 202 valence electrons. The second kappa shape index (κ2) is 12.6. The fraction of sp³-hybridized carbons (Fsp3) is 0.312. The molecule has 0 unspecified atom stereocenters. The van der Waals surface area contributed by atoms with Gasteiger partial charge in [-0.3, -0.25) is 9.89 Å². The van der Waals surface area contributed by atoms with E-state index < -0.39 is 0 Å². The zero-order chi connectivity index (χ0) is 27.0. The molecule has 2 fully saturated rings. The average Bonchev–Trinajstić information content (AvgIpc) is 3.77. The second-order valence-electron chi connectivity index (χ2n) is 9.99. The summed E-state index contributed by atoms with van der Waals surface area (Å²) in [6, 6.07) is 24.4. The molecule has 6 rings (SSSR count). The Bertz CT molecular complexity index is 1380. The minimum Gasteiger partial charge on any atom is -0.497 e. The van der Waals surface area contributed by atoms with E-state index in [1.165, 1.54) is 11.3 Å². The lowest BCUT2D eigenvalue weighted by Crippen LogP contribution is -2.46. The predicted octanol–water partition coefficient (Wildman–Crippen LogP) is 5.92. The Labute approximate surface area is 230 Å². The Morgan fingerprint density at radius 1 is 0.974 bits per heavy atom. The van der Waals surface area contributed by atoms with Gasteiger partial charge in [-0.05, 0) is 73.5 Å². The van der Waals surface area contributed by atoms with Crippen LogP contribution in [0.3, 0.4) is 0 Å². The molecule has 7 nitrogen and oxygen atoms in total. The number of piperazine rings is 1. The number of rotatable bonds is 7. The van der Waals surface area contributed by atoms with Crippen LogP contribution in [0.4, 0.5) is 11.4 Å². The van der Waals surface area contributed by atoms with Crippen molar-refractivity contribution in [1.82, 2.24) is 15.1 Å². The number of hydrogen-bond donors (Lipinski definition) is 2. The molecule has 1 amide bonds. The number of carbonyl (C=O) groups is 1. The SMILES string of the molecule is CCN1CCN(c2ccc(/C=C/c3n[nH]c4ccccc34)cc2)CC1.COc1ccc(NC(=O)C2CC2)cc1. The first-order valence-electron chi connectivity index (χ1n) is 13.8. The van der Waals surface area contributed by atoms with Gasteiger partial charge in [0.2, 0.25) is 5.91 Å². The Hall–Kier alpha value is -4.10. The molecule has 1 aromatic heterocycles. The van der Waals surface area contributed by atoms with Crippen LogP contribution in [0, 0.1) is 5.92 Å². The number of nitrogens with one attached hydrogen (secondary N) is 2. The van der Waals surface area contributed by atoms with Crippen molar-refractivity contribution in [3.05, 3.63) is 84.1 Å². The number of hydrogen-bond acceptors (Lipinski definition) is 5. The number of nitrogens with zero attached hydrogens (tertiary/aromatic N) is 3. The van der Waals surface area contributed by atoms with Gasteiger partial charge in [0, 0.05) is 48.9 Å². The monoisotopic (exact) mass is 523 g/mol. The Morgan fingerprint density at radius 3 is 2.36 bits per heavy atom. The molecule has 1 saturated heterocycles. The molecule has 2 aliphatic rings. The summed E-state index contributed by atoms with van der Waals surface area (Å²) < 4.78 is 5.02. The lowest BCUT2D eigenvalue weighted by molar-refractivity contribution is -0.117. The van der Waals surface area contributed by atoms with Gasteiger partial charge < -0.3 is 19.9 Å². The van der Waals surface area contributed by atoms with Crippen LogP contribution >= 0.6 is 0 Å². The fourth-order valence-electron chi connectivity index (χ4n) is 4.67. The Morgan fingerprint density at radius 2 is 1.69 bits per heavy atom. The van der Waals surface area contributed by atoms with Gasteiger partial charge in [0.1, 0.15) is 5.75 Å². The largest absolute Gasteiger partial charge is 0.497 e. The number of aromatic amines is 1. The van der Waals surface area contributed by atoms with Crippen LogP contribution in [0.15, 0.2) is 72.8 Å². The molecule has 7 heteroatoms. The van der Waals surface area contributed by atoms with E-state index in [9.17, 15) is 4.79 Å². The first kappa shape index (κ1) is 26.5. The maximum Gasteiger partial charge on any atom is 0.227 e. The van der Waals surface area contributed by atoms with E-state index in [1.54, 1.807) is 7.11 Å². The maximum atomic E-state index is 11.4. The van der Waals surface area contributed by atoms with Crippen molar-refractivity contribution < 1.29 is 9.53 Å². The molecule has 1 aliphatic carbocycles. The quantitative estimate of drug-likeness (QED) is 0.315. The highest BCUT2D eigenvalue weighted by Crippen LogP contribution is 2.30. The second-order valence-corrected chi connectivity index (χ2v) is 9.99. The van der Waals surface area contributed by atoms with E-state index in [0.29, 0.717) is 0 Å². The lowest BCUT2D eigenvalue weighted by atomic mass is 10.1. The van der Waals surface area contributed by atoms with Gasteiger partial charge in [0.25, 0.3) is 0 Å². The maximum absolute atomic E-state index is 11.4. The van der Waals surface area contributed by atoms with Crippen LogP contribution in [-0.4, -0.2) is 60.8 Å². The van der Waals surface area contributed by atoms with Gasteiger partial charge in [-0.15, -0.1) is 0 Å². The van der Waals surface area contributed by atoms with Crippen molar-refractivity contribution in [3.8, 4) is 5.75 Å². The minimum absolute atomic E-state index is 0.134. The highest BCUT2D eigenvalue weighted by Gasteiger charge is 2.29. The number of anilines is 2. The summed E-state index contributed by atoms with van der Waals surface area (Å²) in [5.41, 5.74) is 5.41. The van der Waals surface area contributed by atoms with Crippen molar-refractivity contribution >= 4 is 40.3 Å². The van der Waals surface area contributed by atoms with E-state index >= 15 is 0 Å². The van der Waals surface area contributed by atoms with Gasteiger partial charge in [0.05, 0.1) is 18.3 Å². The number of fused-ring (bicyclic) bond motifs is 1. The molecule has 2 heterocycles. The first-order valence-corrected chi connectivity index (χ1v) is 13.8. The van der Waals surface area contributed by atoms with Crippen LogP contribution in [0.1, 0.15) is 31.0 Å². The summed E-state index contributed by atoms with van der Waals surface area (Å²) in [5.74, 6) is 1.18. The summed E-state index contributed by atoms with van der Waals surface area (Å²) in [5, 5.41) is 11.5. The third-order valence-corrected chi connectivity index (χ3v) is 7.32. The molecule has 0 atom stereocenters. The number of carbonyl (C=O) groups excluding carboxylic acids is 1. The van der Waals surface area contributed by atoms with Gasteiger partial charge >= 0.3 is 0 Å². The van der Waals surface area contributed by atoms with Crippen molar-refractivity contribution in [1.29, 1.82) is 0 Å². The van der Waals surface area contributed by atoms with Gasteiger partial charge in [-0.25, -0.2) is 0 Å². The zero-order valence-electron chi connectivity index (χ0n) is 22.8. The highest BCUT2D eigenvalue weighted by atomic mass is 16.5. The minimum atomic E-state index is 0.134. The van der Waals surface area contributed by atoms with Crippen LogP contribution in [0.25, 0.3) is 23.1 Å². The van der Waals surface area contributed by atoms with Gasteiger partial charge in [-0.2, -0.15) is 5.10 Å². The van der Waals surface area contributed by atoms with Crippen molar-refractivity contribution in [2.24, 2.45) is 5.92 Å². The van der Waals surface area contributed by atoms with Crippen molar-refractivity contribution in [3.63, 3.8) is 0 Å². The molecule has 2 N–H and O–H groups in total. The number of likely N-dealkylation sites (N-methyl/N-ethyl adjacent to an activating group) is 1. The van der Waals surface area contributed by atoms with Crippen LogP contribution < -0.4 is 15.0 Å². The van der Waals surface area contributed by atoms with Crippen molar-refractivity contribution in [2.75, 3.05) is 50.1 Å². The van der Waals surface area contributed by atoms with E-state index in [2.05, 4.69) is 74.7 Å². The van der Waals surface area contributed by atoms with E-state index in [-0.39, 0.29) is 11.8 Å². The van der Waals surface area contributed by atoms with Crippen LogP contribution in [0.2, 0.25) is 0 Å². The van der Waals surface area contributed by atoms with Crippen molar-refractivity contribution in [2.45, 2.75) is 19.8 Å². The molecular formula is C32H37N5O2. The Kier molecular flexibility index (Phi) is 8.58. The number of methoxy groups -OCH3 is 1. The third-order valence-electron chi connectivity index (χ3n) is 7.32. The standard InChI is InChI=1S/C21H24N4.C11H13NO2/c1-2-24-13-15-25(16-14-24)18-10-7-17(8-11-18)9-12-21-19-5-3-4-6-20(19)22-23-21;1-14-10-6-4-9(5-7-10)12-11(13)8-2-3-8/h3-12H,2,13-16H2,1H3,(H,22,23);4-8H,2-3H2,1H3,(H,12,13)/b12-9+;. The predicted molar refractivity (Wildman–Crippen MR) is 160 cm³/mol. The summed E-state index contributed by atoms with van der Waals surface area (Å²) in [6.07, 6.45) is 6.26. The van der Waals surface area contributed by atoms with E-state index in [4.69, 9.17) is 4.74 Å². The number of para-hydroxylation sites is 1. The molecule has 39 heavy (non-hydrogen) atoms. The van der Waals surface area contributed by atoms with Crippen LogP contribution in [0.5, 0.6) is 5.75 Å². The van der Waals surface area contributed by atoms with Gasteiger partial charge in [-0.1, -0.05) is 43.3 Å². The number of amides is 1. The zero-order valence-corrected chi connectivity index (χ0v) is 22.8. The third kappa shape index (κ3) is 7.06. The summed E-state index contributed by atoms with van der Waals surface area (Å²) in [4.78, 5) is 16.4. The summed E-state index contributed by atoms with van der Waals surface area (Å²) in [6.45, 7) is 7.93. The number of benzene rings is 3. The molecular weight excluding hydrogens is 486 g/mol. The molecule has 4 aromatic rings. The number of ether oxygens (including phenoxy) is 1. The Balaban J connectivity index is 0.000000186. The first-order chi connectivity index (χ1) is 19.1. The van der Waals surface area contributed by atoms with E-state index in [1.807, 2.05) is 42.5 Å². The molecule has 0 bridgehead atoms. The lowest BCUT2D eigenvalue weighted by Gasteiger charge is -2.35. The smallest absolute Gasteiger partial charge is 0.227 e. The molecule has 1 saturated carbocycles. The highest BCUT2D eigenvalue weighted by molar-refractivity contribution is 5.94. The summed E-state index contributed by atoms with van der Waals surface area (Å²) >= 11 is 0. The molecule has 3 aromatic carbocycles. The van der Waals surface area contributed by atoms with E-state index in [0.717, 1.165) is 73.6 Å². The fourth-order valence-corrected chi connectivity index (χ4v) is 4.67. The topological polar surface area (TPSA) is 73.5 Å². The average molecular weight is 524 g/mol. The number of H-pyrrole nitrogens is 1.